The lowest BCUT2D eigenvalue weighted by Gasteiger charge is -2.23. The van der Waals surface area contributed by atoms with Crippen LogP contribution in [-0.4, -0.2) is 32.6 Å². The maximum atomic E-state index is 13.1. The largest absolute Gasteiger partial charge is 0.494 e. The van der Waals surface area contributed by atoms with Crippen molar-refractivity contribution in [1.29, 1.82) is 0 Å². The molecule has 7 nitrogen and oxygen atoms in total. The summed E-state index contributed by atoms with van der Waals surface area (Å²) >= 11 is 0. The number of rotatable bonds is 10. The number of sulfonamides is 1. The van der Waals surface area contributed by atoms with Gasteiger partial charge in [0.25, 0.3) is 10.0 Å². The van der Waals surface area contributed by atoms with Crippen LogP contribution in [0.5, 0.6) is 11.5 Å². The molecule has 162 valence electrons. The van der Waals surface area contributed by atoms with E-state index in [4.69, 9.17) is 9.47 Å². The van der Waals surface area contributed by atoms with Crippen molar-refractivity contribution in [2.24, 2.45) is 0 Å². The van der Waals surface area contributed by atoms with Gasteiger partial charge >= 0.3 is 5.97 Å². The first-order valence-electron chi connectivity index (χ1n) is 9.64. The summed E-state index contributed by atoms with van der Waals surface area (Å²) in [5.74, 6) is -0.189. The van der Waals surface area contributed by atoms with Gasteiger partial charge < -0.3 is 14.6 Å². The lowest BCUT2D eigenvalue weighted by atomic mass is 10.2. The molecule has 0 aliphatic rings. The Kier molecular flexibility index (Phi) is 7.15. The van der Waals surface area contributed by atoms with Crippen LogP contribution in [0.3, 0.4) is 0 Å². The molecule has 3 aromatic carbocycles. The Morgan fingerprint density at radius 2 is 1.45 bits per heavy atom. The smallest absolute Gasteiger partial charge is 0.324 e. The van der Waals surface area contributed by atoms with E-state index < -0.39 is 22.5 Å². The molecule has 0 aliphatic carbocycles. The summed E-state index contributed by atoms with van der Waals surface area (Å²) in [6.45, 7) is 1.94. The Hall–Kier alpha value is -3.52. The van der Waals surface area contributed by atoms with E-state index in [0.29, 0.717) is 24.7 Å². The maximum Gasteiger partial charge on any atom is 0.324 e. The van der Waals surface area contributed by atoms with Crippen LogP contribution in [0.2, 0.25) is 0 Å². The van der Waals surface area contributed by atoms with Crippen molar-refractivity contribution < 1.29 is 27.8 Å². The van der Waals surface area contributed by atoms with E-state index >= 15 is 0 Å². The predicted molar refractivity (Wildman–Crippen MR) is 117 cm³/mol. The van der Waals surface area contributed by atoms with E-state index in [-0.39, 0.29) is 10.6 Å². The summed E-state index contributed by atoms with van der Waals surface area (Å²) in [5, 5.41) is 9.28. The van der Waals surface area contributed by atoms with Gasteiger partial charge in [-0.25, -0.2) is 8.42 Å². The number of ether oxygens (including phenoxy) is 2. The Balaban J connectivity index is 1.81. The van der Waals surface area contributed by atoms with Crippen LogP contribution in [0, 0.1) is 0 Å². The van der Waals surface area contributed by atoms with Crippen LogP contribution < -0.4 is 13.8 Å². The van der Waals surface area contributed by atoms with E-state index in [9.17, 15) is 18.3 Å². The standard InChI is InChI=1S/C23H23NO6S/c1-2-29-20-12-14-22(15-13-20)31(27,28)24(16-23(25)26)19-8-10-21(11-9-19)30-17-18-6-4-3-5-7-18/h3-15H,2,16-17H2,1H3,(H,25,26). The highest BCUT2D eigenvalue weighted by Crippen LogP contribution is 2.27. The minimum Gasteiger partial charge on any atom is -0.494 e. The fraction of sp³-hybridized carbons (Fsp3) is 0.174. The summed E-state index contributed by atoms with van der Waals surface area (Å²) < 4.78 is 38.2. The van der Waals surface area contributed by atoms with E-state index in [2.05, 4.69) is 0 Å². The number of hydrogen-bond donors (Lipinski definition) is 1. The zero-order chi connectivity index (χ0) is 22.3. The van der Waals surface area contributed by atoms with Crippen molar-refractivity contribution in [2.45, 2.75) is 18.4 Å². The van der Waals surface area contributed by atoms with Crippen molar-refractivity contribution in [2.75, 3.05) is 17.5 Å². The molecule has 0 bridgehead atoms. The minimum absolute atomic E-state index is 0.0263. The molecule has 0 saturated heterocycles. The van der Waals surface area contributed by atoms with Gasteiger partial charge in [-0.2, -0.15) is 0 Å². The molecular formula is C23H23NO6S. The highest BCUT2D eigenvalue weighted by molar-refractivity contribution is 7.92. The Morgan fingerprint density at radius 3 is 2.03 bits per heavy atom. The second-order valence-corrected chi connectivity index (χ2v) is 8.44. The zero-order valence-electron chi connectivity index (χ0n) is 17.0. The van der Waals surface area contributed by atoms with Gasteiger partial charge in [-0.05, 0) is 61.0 Å². The van der Waals surface area contributed by atoms with Crippen molar-refractivity contribution in [3.8, 4) is 11.5 Å². The number of aliphatic carboxylic acids is 1. The van der Waals surface area contributed by atoms with Crippen molar-refractivity contribution in [1.82, 2.24) is 0 Å². The van der Waals surface area contributed by atoms with E-state index in [1.165, 1.54) is 36.4 Å². The first-order chi connectivity index (χ1) is 14.9. The Labute approximate surface area is 181 Å². The topological polar surface area (TPSA) is 93.1 Å². The molecule has 1 N–H and O–H groups in total. The highest BCUT2D eigenvalue weighted by atomic mass is 32.2. The number of carboxylic acid groups (broad SMARTS) is 1. The van der Waals surface area contributed by atoms with Gasteiger partial charge in [0, 0.05) is 0 Å². The fourth-order valence-electron chi connectivity index (χ4n) is 2.89. The molecule has 0 aromatic heterocycles. The molecule has 0 heterocycles. The van der Waals surface area contributed by atoms with Crippen LogP contribution in [0.1, 0.15) is 12.5 Å². The third kappa shape index (κ3) is 5.76. The van der Waals surface area contributed by atoms with Crippen LogP contribution >= 0.6 is 0 Å². The molecule has 3 aromatic rings. The third-order valence-corrected chi connectivity index (χ3v) is 6.16. The normalized spacial score (nSPS) is 11.0. The van der Waals surface area contributed by atoms with Gasteiger partial charge in [0.15, 0.2) is 0 Å². The number of carboxylic acids is 1. The first kappa shape index (κ1) is 22.2. The van der Waals surface area contributed by atoms with Gasteiger partial charge in [0.05, 0.1) is 17.2 Å². The fourth-order valence-corrected chi connectivity index (χ4v) is 4.30. The van der Waals surface area contributed by atoms with Gasteiger partial charge in [-0.3, -0.25) is 9.10 Å². The number of anilines is 1. The number of carbonyl (C=O) groups is 1. The SMILES string of the molecule is CCOc1ccc(S(=O)(=O)N(CC(=O)O)c2ccc(OCc3ccccc3)cc2)cc1. The molecule has 0 saturated carbocycles. The van der Waals surface area contributed by atoms with Crippen molar-refractivity contribution >= 4 is 21.7 Å². The first-order valence-corrected chi connectivity index (χ1v) is 11.1. The second-order valence-electron chi connectivity index (χ2n) is 6.58. The van der Waals surface area contributed by atoms with Crippen LogP contribution in [0.25, 0.3) is 0 Å². The molecule has 0 radical (unpaired) electrons. The Morgan fingerprint density at radius 1 is 0.871 bits per heavy atom. The molecule has 0 spiro atoms. The zero-order valence-corrected chi connectivity index (χ0v) is 17.8. The maximum absolute atomic E-state index is 13.1. The molecule has 0 unspecified atom stereocenters. The molecule has 0 atom stereocenters. The van der Waals surface area contributed by atoms with Crippen molar-refractivity contribution in [3.63, 3.8) is 0 Å². The molecule has 0 fully saturated rings. The lowest BCUT2D eigenvalue weighted by molar-refractivity contribution is -0.135. The summed E-state index contributed by atoms with van der Waals surface area (Å²) in [4.78, 5) is 11.3. The van der Waals surface area contributed by atoms with Gasteiger partial charge in [0.2, 0.25) is 0 Å². The van der Waals surface area contributed by atoms with Gasteiger partial charge in [-0.1, -0.05) is 30.3 Å². The third-order valence-electron chi connectivity index (χ3n) is 4.37. The minimum atomic E-state index is -4.09. The molecule has 3 rings (SSSR count). The monoisotopic (exact) mass is 441 g/mol. The van der Waals surface area contributed by atoms with Gasteiger partial charge in [0.1, 0.15) is 24.7 Å². The predicted octanol–water partition coefficient (Wildman–Crippen LogP) is 3.94. The number of hydrogen-bond acceptors (Lipinski definition) is 5. The van der Waals surface area contributed by atoms with Crippen LogP contribution in [0.15, 0.2) is 83.8 Å². The molecule has 8 heteroatoms. The lowest BCUT2D eigenvalue weighted by Crippen LogP contribution is -2.35. The Bertz CT molecular complexity index is 1100. The molecule has 31 heavy (non-hydrogen) atoms. The quantitative estimate of drug-likeness (QED) is 0.512. The van der Waals surface area contributed by atoms with Crippen LogP contribution in [0.4, 0.5) is 5.69 Å². The van der Waals surface area contributed by atoms with Gasteiger partial charge in [-0.15, -0.1) is 0 Å². The number of nitrogens with zero attached hydrogens (tertiary/aromatic N) is 1. The van der Waals surface area contributed by atoms with Crippen molar-refractivity contribution in [3.05, 3.63) is 84.4 Å². The summed E-state index contributed by atoms with van der Waals surface area (Å²) in [6.07, 6.45) is 0. The van der Waals surface area contributed by atoms with E-state index in [1.54, 1.807) is 12.1 Å². The highest BCUT2D eigenvalue weighted by Gasteiger charge is 2.27. The summed E-state index contributed by atoms with van der Waals surface area (Å²) in [7, 11) is -4.09. The number of benzene rings is 3. The average Bonchev–Trinajstić information content (AvgIpc) is 2.78. The molecular weight excluding hydrogens is 418 g/mol. The van der Waals surface area contributed by atoms with E-state index in [1.807, 2.05) is 37.3 Å². The molecule has 0 aliphatic heterocycles. The summed E-state index contributed by atoms with van der Waals surface area (Å²) in [6, 6.07) is 21.8. The second kappa shape index (κ2) is 9.99. The summed E-state index contributed by atoms with van der Waals surface area (Å²) in [5.41, 5.74) is 1.22. The van der Waals surface area contributed by atoms with Crippen LogP contribution in [-0.2, 0) is 21.4 Å². The van der Waals surface area contributed by atoms with E-state index in [0.717, 1.165) is 9.87 Å². The molecule has 0 amide bonds. The average molecular weight is 442 g/mol.